The molecule has 0 aliphatic carbocycles. The Bertz CT molecular complexity index is 268. The van der Waals surface area contributed by atoms with Gasteiger partial charge in [-0.3, -0.25) is 0 Å². The van der Waals surface area contributed by atoms with Gasteiger partial charge < -0.3 is 0 Å². The van der Waals surface area contributed by atoms with Crippen LogP contribution >= 0.6 is 0 Å². The molecule has 0 nitrogen and oxygen atoms in total. The van der Waals surface area contributed by atoms with Crippen LogP contribution in [0.2, 0.25) is 0 Å². The number of allylic oxidation sites excluding steroid dienone is 6. The van der Waals surface area contributed by atoms with Crippen LogP contribution in [-0.2, 0) is 0 Å². The van der Waals surface area contributed by atoms with E-state index >= 15 is 0 Å². The Morgan fingerprint density at radius 3 is 1.46 bits per heavy atom. The van der Waals surface area contributed by atoms with E-state index in [1.165, 1.54) is 27.9 Å². The summed E-state index contributed by atoms with van der Waals surface area (Å²) in [4.78, 5) is 0. The summed E-state index contributed by atoms with van der Waals surface area (Å²) in [5, 5.41) is 0. The standard InChI is InChI=1S/C13H22/c1-8-10(4)12(6)13(7)11(5)9(2)3/h8H,1-7H3. The van der Waals surface area contributed by atoms with Crippen LogP contribution in [-0.4, -0.2) is 0 Å². The van der Waals surface area contributed by atoms with Crippen LogP contribution in [0.3, 0.4) is 0 Å². The molecule has 0 heteroatoms. The van der Waals surface area contributed by atoms with Crippen molar-refractivity contribution in [3.8, 4) is 0 Å². The second kappa shape index (κ2) is 5.06. The molecule has 0 radical (unpaired) electrons. The van der Waals surface area contributed by atoms with Crippen molar-refractivity contribution in [1.29, 1.82) is 0 Å². The van der Waals surface area contributed by atoms with Gasteiger partial charge >= 0.3 is 0 Å². The van der Waals surface area contributed by atoms with Gasteiger partial charge in [-0.2, -0.15) is 0 Å². The fraction of sp³-hybridized carbons (Fsp3) is 0.538. The highest BCUT2D eigenvalue weighted by Gasteiger charge is 2.01. The Morgan fingerprint density at radius 2 is 1.15 bits per heavy atom. The van der Waals surface area contributed by atoms with Gasteiger partial charge in [0.05, 0.1) is 0 Å². The Morgan fingerprint density at radius 1 is 0.692 bits per heavy atom. The van der Waals surface area contributed by atoms with E-state index in [-0.39, 0.29) is 0 Å². The van der Waals surface area contributed by atoms with Crippen LogP contribution in [0.5, 0.6) is 0 Å². The van der Waals surface area contributed by atoms with Crippen LogP contribution in [0, 0.1) is 0 Å². The summed E-state index contributed by atoms with van der Waals surface area (Å²) in [5.41, 5.74) is 7.01. The first-order chi connectivity index (χ1) is 5.91. The van der Waals surface area contributed by atoms with Gasteiger partial charge in [0, 0.05) is 0 Å². The maximum absolute atomic E-state index is 2.20. The minimum atomic E-state index is 1.37. The molecule has 0 N–H and O–H groups in total. The highest BCUT2D eigenvalue weighted by Crippen LogP contribution is 2.21. The molecule has 0 heterocycles. The van der Waals surface area contributed by atoms with E-state index in [2.05, 4.69) is 54.5 Å². The van der Waals surface area contributed by atoms with Gasteiger partial charge in [-0.25, -0.2) is 0 Å². The molecule has 0 aromatic heterocycles. The van der Waals surface area contributed by atoms with E-state index in [0.717, 1.165) is 0 Å². The van der Waals surface area contributed by atoms with Gasteiger partial charge in [0.2, 0.25) is 0 Å². The van der Waals surface area contributed by atoms with Gasteiger partial charge in [0.15, 0.2) is 0 Å². The van der Waals surface area contributed by atoms with Gasteiger partial charge in [-0.05, 0) is 65.2 Å². The van der Waals surface area contributed by atoms with Crippen LogP contribution in [0.4, 0.5) is 0 Å². The third kappa shape index (κ3) is 3.22. The third-order valence-electron chi connectivity index (χ3n) is 2.90. The average molecular weight is 178 g/mol. The van der Waals surface area contributed by atoms with Crippen LogP contribution < -0.4 is 0 Å². The van der Waals surface area contributed by atoms with E-state index in [9.17, 15) is 0 Å². The molecule has 74 valence electrons. The van der Waals surface area contributed by atoms with Gasteiger partial charge in [0.25, 0.3) is 0 Å². The molecule has 0 saturated carbocycles. The Balaban J connectivity index is 5.17. The molecular formula is C13H22. The van der Waals surface area contributed by atoms with E-state index in [1.54, 1.807) is 0 Å². The summed E-state index contributed by atoms with van der Waals surface area (Å²) in [5.74, 6) is 0. The molecule has 0 bridgehead atoms. The lowest BCUT2D eigenvalue weighted by molar-refractivity contribution is 1.17. The van der Waals surface area contributed by atoms with Crippen molar-refractivity contribution in [2.75, 3.05) is 0 Å². The van der Waals surface area contributed by atoms with E-state index < -0.39 is 0 Å². The van der Waals surface area contributed by atoms with Crippen LogP contribution in [0.25, 0.3) is 0 Å². The second-order valence-electron chi connectivity index (χ2n) is 3.85. The molecule has 0 amide bonds. The van der Waals surface area contributed by atoms with Crippen molar-refractivity contribution in [2.45, 2.75) is 48.5 Å². The van der Waals surface area contributed by atoms with Gasteiger partial charge in [-0.1, -0.05) is 17.2 Å². The fourth-order valence-corrected chi connectivity index (χ4v) is 1.17. The molecule has 0 aromatic rings. The highest BCUT2D eigenvalue weighted by atomic mass is 14.1. The zero-order valence-corrected chi connectivity index (χ0v) is 10.1. The molecule has 13 heavy (non-hydrogen) atoms. The molecule has 0 rings (SSSR count). The van der Waals surface area contributed by atoms with Crippen molar-refractivity contribution in [1.82, 2.24) is 0 Å². The average Bonchev–Trinajstić information content (AvgIpc) is 2.12. The normalized spacial score (nSPS) is 13.9. The predicted octanol–water partition coefficient (Wildman–Crippen LogP) is 4.65. The Kier molecular flexibility index (Phi) is 4.76. The summed E-state index contributed by atoms with van der Waals surface area (Å²) in [6.45, 7) is 15.2. The molecular weight excluding hydrogens is 156 g/mol. The number of rotatable bonds is 2. The van der Waals surface area contributed by atoms with E-state index in [0.29, 0.717) is 0 Å². The zero-order valence-electron chi connectivity index (χ0n) is 10.1. The molecule has 0 aliphatic rings. The highest BCUT2D eigenvalue weighted by molar-refractivity contribution is 5.42. The first-order valence-corrected chi connectivity index (χ1v) is 4.87. The van der Waals surface area contributed by atoms with Crippen molar-refractivity contribution < 1.29 is 0 Å². The predicted molar refractivity (Wildman–Crippen MR) is 61.9 cm³/mol. The molecule has 0 aromatic carbocycles. The van der Waals surface area contributed by atoms with E-state index in [1.807, 2.05) is 0 Å². The monoisotopic (exact) mass is 178 g/mol. The number of hydrogen-bond donors (Lipinski definition) is 0. The van der Waals surface area contributed by atoms with Crippen molar-refractivity contribution in [3.05, 3.63) is 33.9 Å². The summed E-state index contributed by atoms with van der Waals surface area (Å²) < 4.78 is 0. The van der Waals surface area contributed by atoms with Crippen LogP contribution in [0.1, 0.15) is 48.5 Å². The van der Waals surface area contributed by atoms with Crippen molar-refractivity contribution in [3.63, 3.8) is 0 Å². The minimum Gasteiger partial charge on any atom is -0.0844 e. The molecule has 0 spiro atoms. The third-order valence-corrected chi connectivity index (χ3v) is 2.90. The lowest BCUT2D eigenvalue weighted by atomic mass is 9.96. The molecule has 0 aliphatic heterocycles. The molecule has 0 saturated heterocycles. The van der Waals surface area contributed by atoms with Gasteiger partial charge in [-0.15, -0.1) is 0 Å². The van der Waals surface area contributed by atoms with E-state index in [4.69, 9.17) is 0 Å². The number of hydrogen-bond acceptors (Lipinski definition) is 0. The second-order valence-corrected chi connectivity index (χ2v) is 3.85. The molecule has 0 fully saturated rings. The molecule has 0 unspecified atom stereocenters. The molecule has 0 atom stereocenters. The Labute approximate surface area is 83.0 Å². The quantitative estimate of drug-likeness (QED) is 0.540. The largest absolute Gasteiger partial charge is 0.0844 e. The summed E-state index contributed by atoms with van der Waals surface area (Å²) in [6.07, 6.45) is 2.16. The summed E-state index contributed by atoms with van der Waals surface area (Å²) in [7, 11) is 0. The van der Waals surface area contributed by atoms with Crippen molar-refractivity contribution in [2.24, 2.45) is 0 Å². The first-order valence-electron chi connectivity index (χ1n) is 4.87. The summed E-state index contributed by atoms with van der Waals surface area (Å²) in [6, 6.07) is 0. The smallest absolute Gasteiger partial charge is 0.0392 e. The Hall–Kier alpha value is -0.780. The lowest BCUT2D eigenvalue weighted by Crippen LogP contribution is -1.90. The maximum atomic E-state index is 2.20. The minimum absolute atomic E-state index is 1.37. The van der Waals surface area contributed by atoms with Gasteiger partial charge in [0.1, 0.15) is 0 Å². The maximum Gasteiger partial charge on any atom is -0.0392 e. The lowest BCUT2D eigenvalue weighted by Gasteiger charge is -2.10. The topological polar surface area (TPSA) is 0 Å². The first kappa shape index (κ1) is 12.2. The van der Waals surface area contributed by atoms with Crippen LogP contribution in [0.15, 0.2) is 33.9 Å². The summed E-state index contributed by atoms with van der Waals surface area (Å²) >= 11 is 0. The van der Waals surface area contributed by atoms with Crippen molar-refractivity contribution >= 4 is 0 Å². The SMILES string of the molecule is CC=C(C)C(C)=C(C)C(C)=C(C)C. The zero-order chi connectivity index (χ0) is 10.6. The fourth-order valence-electron chi connectivity index (χ4n) is 1.17.